The van der Waals surface area contributed by atoms with Crippen LogP contribution in [-0.4, -0.2) is 47.0 Å². The number of benzene rings is 3. The lowest BCUT2D eigenvalue weighted by Crippen LogP contribution is -2.54. The van der Waals surface area contributed by atoms with Gasteiger partial charge in [0.05, 0.1) is 30.5 Å². The van der Waals surface area contributed by atoms with Crippen molar-refractivity contribution in [2.24, 2.45) is 0 Å². The number of quaternary nitrogens is 1. The van der Waals surface area contributed by atoms with Crippen LogP contribution in [0.25, 0.3) is 10.8 Å². The minimum absolute atomic E-state index is 0.0294. The van der Waals surface area contributed by atoms with Crippen molar-refractivity contribution in [3.05, 3.63) is 65.7 Å². The Morgan fingerprint density at radius 1 is 0.680 bits per heavy atom. The van der Waals surface area contributed by atoms with Crippen LogP contribution in [0.2, 0.25) is 0 Å². The Bertz CT molecular complexity index is 1600. The van der Waals surface area contributed by atoms with Crippen LogP contribution >= 0.6 is 0 Å². The number of fused-ring (bicyclic) bond motifs is 1. The summed E-state index contributed by atoms with van der Waals surface area (Å²) in [6.45, 7) is 4.55. The van der Waals surface area contributed by atoms with E-state index in [-0.39, 0.29) is 48.1 Å². The molecule has 0 aliphatic carbocycles. The highest BCUT2D eigenvalue weighted by molar-refractivity contribution is 6.21. The molecule has 0 spiro atoms. The summed E-state index contributed by atoms with van der Waals surface area (Å²) in [6.07, 6.45) is 20.0. The van der Waals surface area contributed by atoms with E-state index in [9.17, 15) is 29.4 Å². The molecular weight excluding hydrogens is 628 g/mol. The third-order valence-corrected chi connectivity index (χ3v) is 10.4. The summed E-state index contributed by atoms with van der Waals surface area (Å²) < 4.78 is -0.458. The number of carboxylic acids is 1. The zero-order chi connectivity index (χ0) is 35.9. The monoisotopic (exact) mass is 685 g/mol. The van der Waals surface area contributed by atoms with Crippen molar-refractivity contribution in [2.75, 3.05) is 18.0 Å². The fourth-order valence-corrected chi connectivity index (χ4v) is 7.49. The molecule has 0 radical (unpaired) electrons. The molecule has 1 heterocycles. The summed E-state index contributed by atoms with van der Waals surface area (Å²) in [4.78, 5) is 54.7. The summed E-state index contributed by atoms with van der Waals surface area (Å²) >= 11 is 0. The molecule has 8 nitrogen and oxygen atoms in total. The van der Waals surface area contributed by atoms with Crippen LogP contribution in [0.15, 0.2) is 54.6 Å². The normalized spacial score (nSPS) is 14.0. The minimum atomic E-state index is -1.11. The molecule has 50 heavy (non-hydrogen) atoms. The zero-order valence-electron chi connectivity index (χ0n) is 30.3. The molecule has 0 saturated carbocycles. The summed E-state index contributed by atoms with van der Waals surface area (Å²) in [5.74, 6) is -2.27. The number of rotatable bonds is 22. The van der Waals surface area contributed by atoms with Gasteiger partial charge in [-0.2, -0.15) is 4.48 Å². The molecule has 270 valence electrons. The number of hydrogen-bond acceptors (Lipinski definition) is 5. The van der Waals surface area contributed by atoms with Gasteiger partial charge < -0.3 is 15.1 Å². The number of carbonyl (C=O) groups is 4. The van der Waals surface area contributed by atoms with Crippen LogP contribution < -0.4 is 9.38 Å². The number of aromatic hydroxyl groups is 1. The Morgan fingerprint density at radius 2 is 1.20 bits per heavy atom. The van der Waals surface area contributed by atoms with Gasteiger partial charge in [0.1, 0.15) is 5.75 Å². The Morgan fingerprint density at radius 3 is 1.72 bits per heavy atom. The first-order valence-corrected chi connectivity index (χ1v) is 19.1. The van der Waals surface area contributed by atoms with Crippen molar-refractivity contribution < 1.29 is 29.4 Å². The number of phenols is 1. The van der Waals surface area contributed by atoms with Crippen LogP contribution in [0.1, 0.15) is 150 Å². The first-order valence-electron chi connectivity index (χ1n) is 19.1. The van der Waals surface area contributed by atoms with Gasteiger partial charge in [0.15, 0.2) is 5.69 Å². The fourth-order valence-electron chi connectivity index (χ4n) is 7.49. The van der Waals surface area contributed by atoms with Crippen LogP contribution in [0, 0.1) is 0 Å². The van der Waals surface area contributed by atoms with E-state index in [1.807, 2.05) is 0 Å². The molecule has 1 saturated heterocycles. The molecule has 4 rings (SSSR count). The van der Waals surface area contributed by atoms with Gasteiger partial charge in [0, 0.05) is 29.1 Å². The van der Waals surface area contributed by atoms with Gasteiger partial charge in [-0.1, -0.05) is 121 Å². The Hall–Kier alpha value is -4.04. The van der Waals surface area contributed by atoms with Gasteiger partial charge in [-0.05, 0) is 44.0 Å². The molecular formula is C42H57N2O6+. The highest BCUT2D eigenvalue weighted by atomic mass is 16.4. The largest absolute Gasteiger partial charge is 0.506 e. The minimum Gasteiger partial charge on any atom is -0.506 e. The molecule has 0 aromatic heterocycles. The van der Waals surface area contributed by atoms with E-state index < -0.39 is 16.4 Å². The van der Waals surface area contributed by atoms with E-state index in [0.29, 0.717) is 35.1 Å². The fraction of sp³-hybridized carbons (Fsp3) is 0.524. The number of anilines is 1. The number of imide groups is 1. The summed E-state index contributed by atoms with van der Waals surface area (Å²) in [5.41, 5.74) is 0.800. The Labute approximate surface area is 298 Å². The predicted octanol–water partition coefficient (Wildman–Crippen LogP) is 10.3. The van der Waals surface area contributed by atoms with E-state index in [1.54, 1.807) is 43.3 Å². The average molecular weight is 686 g/mol. The molecule has 3 aromatic rings. The number of aromatic carboxylic acids is 1. The number of hydrogen-bond donors (Lipinski definition) is 2. The quantitative estimate of drug-likeness (QED) is 0.0618. The van der Waals surface area contributed by atoms with Crippen molar-refractivity contribution in [3.8, 4) is 5.75 Å². The standard InChI is InChI=1S/C42H56N2O6/c1-3-5-6-7-8-9-10-11-12-13-14-15-16-17-18-21-29-44(38(45)27-28-39(44)46)37-31-36(40(47)35-26-20-19-25-34(35)37)41(48)43(4-2)33-24-22-23-32(30-33)42(49)50/h19-20,22-26,30-31H,3-18,21,27-29H2,1-2H3,(H-,47,48,49,50)/p+1. The number of amides is 3. The lowest BCUT2D eigenvalue weighted by atomic mass is 9.99. The second kappa shape index (κ2) is 19.4. The molecule has 1 aliphatic rings. The highest BCUT2D eigenvalue weighted by Gasteiger charge is 2.52. The maximum Gasteiger partial charge on any atom is 0.335 e. The second-order valence-electron chi connectivity index (χ2n) is 13.9. The molecule has 0 unspecified atom stereocenters. The smallest absolute Gasteiger partial charge is 0.335 e. The van der Waals surface area contributed by atoms with Gasteiger partial charge in [0.25, 0.3) is 5.91 Å². The van der Waals surface area contributed by atoms with Crippen LogP contribution in [0.3, 0.4) is 0 Å². The molecule has 3 amide bonds. The van der Waals surface area contributed by atoms with Gasteiger partial charge >= 0.3 is 17.8 Å². The molecule has 3 aromatic carbocycles. The molecule has 1 aliphatic heterocycles. The molecule has 0 atom stereocenters. The Balaban J connectivity index is 1.43. The number of carbonyl (C=O) groups excluding carboxylic acids is 3. The van der Waals surface area contributed by atoms with Crippen LogP contribution in [-0.2, 0) is 9.59 Å². The van der Waals surface area contributed by atoms with Crippen LogP contribution in [0.5, 0.6) is 5.75 Å². The highest BCUT2D eigenvalue weighted by Crippen LogP contribution is 2.43. The SMILES string of the molecule is CCCCCCCCCCCCCCCCCC[N+]1(c2cc(C(=O)N(CC)c3cccc(C(=O)O)c3)c(O)c3ccccc23)C(=O)CCC1=O. The van der Waals surface area contributed by atoms with E-state index in [0.717, 1.165) is 19.3 Å². The maximum absolute atomic E-state index is 14.1. The first kappa shape index (κ1) is 38.8. The molecule has 1 fully saturated rings. The van der Waals surface area contributed by atoms with E-state index in [4.69, 9.17) is 0 Å². The maximum atomic E-state index is 14.1. The van der Waals surface area contributed by atoms with Gasteiger partial charge in [-0.25, -0.2) is 14.4 Å². The number of unbranched alkanes of at least 4 members (excludes halogenated alkanes) is 15. The summed E-state index contributed by atoms with van der Waals surface area (Å²) in [6, 6.07) is 14.7. The molecule has 2 N–H and O–H groups in total. The van der Waals surface area contributed by atoms with Crippen molar-refractivity contribution in [1.29, 1.82) is 0 Å². The lowest BCUT2D eigenvalue weighted by molar-refractivity contribution is -0.137. The number of carboxylic acid groups (broad SMARTS) is 1. The van der Waals surface area contributed by atoms with Crippen molar-refractivity contribution in [2.45, 2.75) is 129 Å². The molecule has 0 bridgehead atoms. The van der Waals surface area contributed by atoms with E-state index in [1.165, 1.54) is 100 Å². The molecule has 8 heteroatoms. The summed E-state index contributed by atoms with van der Waals surface area (Å²) in [7, 11) is 0. The van der Waals surface area contributed by atoms with Crippen molar-refractivity contribution in [1.82, 2.24) is 4.48 Å². The summed E-state index contributed by atoms with van der Waals surface area (Å²) in [5, 5.41) is 21.9. The lowest BCUT2D eigenvalue weighted by Gasteiger charge is -2.31. The number of phenolic OH excluding ortho intramolecular Hbond substituents is 1. The average Bonchev–Trinajstić information content (AvgIpc) is 3.41. The van der Waals surface area contributed by atoms with E-state index >= 15 is 0 Å². The number of nitrogens with zero attached hydrogens (tertiary/aromatic N) is 2. The predicted molar refractivity (Wildman–Crippen MR) is 202 cm³/mol. The van der Waals surface area contributed by atoms with Gasteiger partial charge in [-0.15, -0.1) is 0 Å². The topological polar surface area (TPSA) is 112 Å². The van der Waals surface area contributed by atoms with E-state index in [2.05, 4.69) is 6.92 Å². The third-order valence-electron chi connectivity index (χ3n) is 10.4. The zero-order valence-corrected chi connectivity index (χ0v) is 30.3. The van der Waals surface area contributed by atoms with Gasteiger partial charge in [-0.3, -0.25) is 4.79 Å². The third kappa shape index (κ3) is 9.39. The first-order chi connectivity index (χ1) is 24.3. The van der Waals surface area contributed by atoms with Crippen LogP contribution in [0.4, 0.5) is 11.4 Å². The van der Waals surface area contributed by atoms with Gasteiger partial charge in [0.2, 0.25) is 0 Å². The Kier molecular flexibility index (Phi) is 15.0. The second-order valence-corrected chi connectivity index (χ2v) is 13.9. The van der Waals surface area contributed by atoms with Crippen molar-refractivity contribution in [3.63, 3.8) is 0 Å². The number of likely N-dealkylation sites (tertiary alicyclic amines) is 1. The van der Waals surface area contributed by atoms with Crippen molar-refractivity contribution >= 4 is 45.8 Å².